The van der Waals surface area contributed by atoms with E-state index in [9.17, 15) is 35.4 Å². The highest BCUT2D eigenvalue weighted by atomic mass is 16.7. The standard InChI is InChI=1S/C21H24O9/c1-10-18(26)19(27)20(28)21(29-10)30-16-9-13(23)8-15(25)17(16)14(24)7-4-11-2-5-12(22)6-3-11/h2-3,5-6,8-10,18-23,25-28H,4,7H2,1H3. The Hall–Kier alpha value is -2.85. The number of aromatic hydroxyl groups is 3. The number of Topliss-reactive ketones (excluding diaryl/α,β-unsaturated/α-hetero) is 1. The molecule has 1 fully saturated rings. The van der Waals surface area contributed by atoms with Crippen LogP contribution in [0.1, 0.15) is 29.3 Å². The molecule has 162 valence electrons. The van der Waals surface area contributed by atoms with Gasteiger partial charge in [0.05, 0.1) is 6.10 Å². The van der Waals surface area contributed by atoms with Crippen molar-refractivity contribution in [2.24, 2.45) is 0 Å². The van der Waals surface area contributed by atoms with E-state index in [4.69, 9.17) is 9.47 Å². The van der Waals surface area contributed by atoms with Gasteiger partial charge in [-0.05, 0) is 31.0 Å². The number of phenolic OH excluding ortho intramolecular Hbond substituents is 3. The van der Waals surface area contributed by atoms with Crippen LogP contribution in [0, 0.1) is 0 Å². The smallest absolute Gasteiger partial charge is 0.229 e. The molecule has 1 aliphatic heterocycles. The van der Waals surface area contributed by atoms with Gasteiger partial charge in [-0.3, -0.25) is 4.79 Å². The van der Waals surface area contributed by atoms with Gasteiger partial charge in [-0.1, -0.05) is 12.1 Å². The van der Waals surface area contributed by atoms with Crippen LogP contribution in [0.4, 0.5) is 0 Å². The highest BCUT2D eigenvalue weighted by Gasteiger charge is 2.43. The summed E-state index contributed by atoms with van der Waals surface area (Å²) in [6.07, 6.45) is -6.49. The van der Waals surface area contributed by atoms with Crippen LogP contribution in [0.5, 0.6) is 23.0 Å². The summed E-state index contributed by atoms with van der Waals surface area (Å²) in [7, 11) is 0. The van der Waals surface area contributed by atoms with Gasteiger partial charge >= 0.3 is 0 Å². The molecule has 0 bridgehead atoms. The first-order valence-corrected chi connectivity index (χ1v) is 9.40. The fourth-order valence-electron chi connectivity index (χ4n) is 3.24. The quantitative estimate of drug-likeness (QED) is 0.372. The maximum absolute atomic E-state index is 12.8. The van der Waals surface area contributed by atoms with E-state index in [2.05, 4.69) is 0 Å². The lowest BCUT2D eigenvalue weighted by Crippen LogP contribution is -2.58. The lowest BCUT2D eigenvalue weighted by molar-refractivity contribution is -0.268. The number of aliphatic hydroxyl groups excluding tert-OH is 3. The van der Waals surface area contributed by atoms with Crippen LogP contribution in [0.2, 0.25) is 0 Å². The normalized spacial score (nSPS) is 26.3. The fourth-order valence-corrected chi connectivity index (χ4v) is 3.24. The van der Waals surface area contributed by atoms with Crippen molar-refractivity contribution in [3.8, 4) is 23.0 Å². The molecule has 6 N–H and O–H groups in total. The molecule has 0 amide bonds. The fraction of sp³-hybridized carbons (Fsp3) is 0.381. The number of rotatable bonds is 6. The largest absolute Gasteiger partial charge is 0.508 e. The summed E-state index contributed by atoms with van der Waals surface area (Å²) in [6, 6.07) is 8.39. The van der Waals surface area contributed by atoms with E-state index in [1.165, 1.54) is 19.1 Å². The summed E-state index contributed by atoms with van der Waals surface area (Å²) in [5.74, 6) is -1.52. The van der Waals surface area contributed by atoms with E-state index >= 15 is 0 Å². The topological polar surface area (TPSA) is 157 Å². The molecule has 0 saturated carbocycles. The second-order valence-electron chi connectivity index (χ2n) is 7.23. The lowest BCUT2D eigenvalue weighted by atomic mass is 9.99. The number of aryl methyl sites for hydroxylation is 1. The molecule has 9 nitrogen and oxygen atoms in total. The third-order valence-electron chi connectivity index (χ3n) is 4.97. The van der Waals surface area contributed by atoms with Gasteiger partial charge in [-0.15, -0.1) is 0 Å². The van der Waals surface area contributed by atoms with Gasteiger partial charge in [0.25, 0.3) is 0 Å². The minimum absolute atomic E-state index is 0.00864. The van der Waals surface area contributed by atoms with Crippen molar-refractivity contribution >= 4 is 5.78 Å². The van der Waals surface area contributed by atoms with Crippen LogP contribution >= 0.6 is 0 Å². The Labute approximate surface area is 172 Å². The van der Waals surface area contributed by atoms with Crippen molar-refractivity contribution in [3.05, 3.63) is 47.5 Å². The second kappa shape index (κ2) is 8.88. The number of ketones is 1. The first kappa shape index (κ1) is 21.8. The van der Waals surface area contributed by atoms with Crippen molar-refractivity contribution in [2.45, 2.75) is 50.5 Å². The molecule has 30 heavy (non-hydrogen) atoms. The highest BCUT2D eigenvalue weighted by molar-refractivity contribution is 6.01. The molecule has 0 aliphatic carbocycles. The van der Waals surface area contributed by atoms with Crippen molar-refractivity contribution in [1.82, 2.24) is 0 Å². The molecule has 1 heterocycles. The van der Waals surface area contributed by atoms with E-state index in [0.717, 1.165) is 17.7 Å². The first-order chi connectivity index (χ1) is 14.2. The average Bonchev–Trinajstić information content (AvgIpc) is 2.69. The zero-order valence-corrected chi connectivity index (χ0v) is 16.2. The Morgan fingerprint density at radius 2 is 1.63 bits per heavy atom. The highest BCUT2D eigenvalue weighted by Crippen LogP contribution is 2.36. The van der Waals surface area contributed by atoms with Crippen molar-refractivity contribution in [3.63, 3.8) is 0 Å². The molecular weight excluding hydrogens is 396 g/mol. The monoisotopic (exact) mass is 420 g/mol. The number of carbonyl (C=O) groups excluding carboxylic acids is 1. The van der Waals surface area contributed by atoms with E-state index < -0.39 is 42.2 Å². The van der Waals surface area contributed by atoms with Gasteiger partial charge < -0.3 is 40.1 Å². The Bertz CT molecular complexity index is 896. The molecule has 2 aromatic carbocycles. The molecule has 2 aromatic rings. The molecule has 5 atom stereocenters. The Morgan fingerprint density at radius 3 is 2.30 bits per heavy atom. The molecule has 9 heteroatoms. The average molecular weight is 420 g/mol. The number of hydrogen-bond donors (Lipinski definition) is 6. The van der Waals surface area contributed by atoms with Crippen molar-refractivity contribution in [1.29, 1.82) is 0 Å². The number of carbonyl (C=O) groups is 1. The van der Waals surface area contributed by atoms with Gasteiger partial charge in [-0.25, -0.2) is 0 Å². The zero-order chi connectivity index (χ0) is 22.0. The Kier molecular flexibility index (Phi) is 6.47. The Morgan fingerprint density at radius 1 is 0.967 bits per heavy atom. The van der Waals surface area contributed by atoms with Gasteiger partial charge in [-0.2, -0.15) is 0 Å². The molecule has 3 rings (SSSR count). The Balaban J connectivity index is 1.81. The van der Waals surface area contributed by atoms with Crippen LogP contribution in [0.15, 0.2) is 36.4 Å². The molecule has 0 radical (unpaired) electrons. The first-order valence-electron chi connectivity index (χ1n) is 9.40. The minimum Gasteiger partial charge on any atom is -0.508 e. The second-order valence-corrected chi connectivity index (χ2v) is 7.23. The maximum Gasteiger partial charge on any atom is 0.229 e. The number of phenols is 3. The van der Waals surface area contributed by atoms with Crippen LogP contribution in [0.3, 0.4) is 0 Å². The summed E-state index contributed by atoms with van der Waals surface area (Å²) in [5, 5.41) is 59.2. The van der Waals surface area contributed by atoms with Gasteiger partial charge in [0.15, 0.2) is 5.78 Å². The van der Waals surface area contributed by atoms with Crippen LogP contribution in [-0.2, 0) is 11.2 Å². The number of benzene rings is 2. The number of aliphatic hydroxyl groups is 3. The third-order valence-corrected chi connectivity index (χ3v) is 4.97. The van der Waals surface area contributed by atoms with Gasteiger partial charge in [0.2, 0.25) is 6.29 Å². The zero-order valence-electron chi connectivity index (χ0n) is 16.2. The predicted octanol–water partition coefficient (Wildman–Crippen LogP) is 0.825. The van der Waals surface area contributed by atoms with Crippen LogP contribution in [0.25, 0.3) is 0 Å². The third kappa shape index (κ3) is 4.65. The summed E-state index contributed by atoms with van der Waals surface area (Å²) < 4.78 is 10.9. The van der Waals surface area contributed by atoms with Crippen LogP contribution < -0.4 is 4.74 Å². The summed E-state index contributed by atoms with van der Waals surface area (Å²) in [5.41, 5.74) is 0.578. The van der Waals surface area contributed by atoms with Crippen LogP contribution in [-0.4, -0.2) is 67.1 Å². The SMILES string of the molecule is CC1OC(Oc2cc(O)cc(O)c2C(=O)CCc2ccc(O)cc2)C(O)C(O)C1O. The molecule has 0 spiro atoms. The van der Waals surface area contributed by atoms with Gasteiger partial charge in [0, 0.05) is 18.6 Å². The van der Waals surface area contributed by atoms with E-state index in [0.29, 0.717) is 6.42 Å². The molecule has 1 aliphatic rings. The lowest BCUT2D eigenvalue weighted by Gasteiger charge is -2.39. The summed E-state index contributed by atoms with van der Waals surface area (Å²) in [4.78, 5) is 12.8. The molecular formula is C21H24O9. The van der Waals surface area contributed by atoms with E-state index in [1.54, 1.807) is 12.1 Å². The minimum atomic E-state index is -1.62. The molecule has 1 saturated heterocycles. The predicted molar refractivity (Wildman–Crippen MR) is 104 cm³/mol. The van der Waals surface area contributed by atoms with Crippen molar-refractivity contribution < 1.29 is 44.9 Å². The summed E-state index contributed by atoms with van der Waals surface area (Å²) in [6.45, 7) is 1.47. The summed E-state index contributed by atoms with van der Waals surface area (Å²) >= 11 is 0. The number of ether oxygens (including phenoxy) is 2. The van der Waals surface area contributed by atoms with E-state index in [1.807, 2.05) is 0 Å². The molecule has 0 aromatic heterocycles. The van der Waals surface area contributed by atoms with Crippen molar-refractivity contribution in [2.75, 3.05) is 0 Å². The van der Waals surface area contributed by atoms with E-state index in [-0.39, 0.29) is 29.2 Å². The molecule has 5 unspecified atom stereocenters. The van der Waals surface area contributed by atoms with Gasteiger partial charge in [0.1, 0.15) is 46.9 Å². The number of hydrogen-bond acceptors (Lipinski definition) is 9. The maximum atomic E-state index is 12.8.